The molecule has 0 unspecified atom stereocenters. The fourth-order valence-electron chi connectivity index (χ4n) is 20.0. The minimum absolute atomic E-state index is 0. The van der Waals surface area contributed by atoms with Crippen LogP contribution in [0.15, 0.2) is 391 Å². The Morgan fingerprint density at radius 2 is 0.672 bits per heavy atom. The van der Waals surface area contributed by atoms with E-state index in [4.69, 9.17) is 33.8 Å². The molecule has 0 radical (unpaired) electrons. The molecular weight excluding hydrogens is 1670 g/mol. The molecule has 10 aromatic heterocycles. The molecule has 1 aliphatic rings. The first kappa shape index (κ1) is 77.9. The standard InChI is InChI=1S/C58H33N7O.C30H18N2O.C28H15FN5.H2S.H2/c59-34-37-33-36(57-60-56(35-15-3-1-4-16-35)61-58(62-57)65-46-23-11-7-19-39(46)40-20-8-12-24-47(40)65)27-30-45(37)64-49-26-14-10-22-44(49)53-51(64)32-29-42-41-28-31-50-52(54(41)66-55(42)53)43-21-9-13-25-48(43)63(50)38-17-5-2-6-18-38;1-2-8-18(9-3-1)32-25-13-7-5-11-22(25)28-26(32)17-15-20-19-14-16-24-27(29(19)33-30(20)28)21-10-4-6-12-23(21)31-24;29-23-15-14-19(16-20(23)17-30)27-31-26(18-8-2-1-3-9-18)32-28(33-27)34-24-12-6-4-10-21(24)22-11-5-7-13-25(22)34;;/h1-33H;1-17,31H;1-4,6-16H;1H2;1H/q;;+1;;/i;;;;1+1. The van der Waals surface area contributed by atoms with Crippen molar-refractivity contribution < 1.29 is 14.7 Å². The van der Waals surface area contributed by atoms with E-state index in [1.54, 1.807) is 6.07 Å². The predicted molar refractivity (Wildman–Crippen MR) is 545 cm³/mol. The SMILES string of the molecule is N#Cc1cc(-c2nc(-c3ccccc3)nc(-n3c4c(c5ccccc53)C=[C+]C=C4)n2)ccc1F.N#Cc1cc(-c2nc(-c3ccccc3)nc(-n3c4ccccc4c4ccccc43)n2)ccc1-n1c2ccccc2c2c3oc4c(ccc5c4c4ccccc4n5-c4ccccc4)c3ccc21.S.[2HH].c1ccc(-n2c3ccccc3c3c4oc5c(ccc6[nH]c7ccccc7c65)c4ccc32)cc1. The van der Waals surface area contributed by atoms with Crippen LogP contribution in [0.1, 0.15) is 23.8 Å². The number of allylic oxidation sites excluding steroid dienone is 2. The van der Waals surface area contributed by atoms with Gasteiger partial charge < -0.3 is 27.5 Å². The lowest BCUT2D eigenvalue weighted by molar-refractivity contribution is 0.624. The molecule has 17 aromatic carbocycles. The van der Waals surface area contributed by atoms with Crippen molar-refractivity contribution in [3.05, 3.63) is 416 Å². The van der Waals surface area contributed by atoms with Gasteiger partial charge in [0.15, 0.2) is 29.0 Å². The predicted octanol–water partition coefficient (Wildman–Crippen LogP) is 28.9. The molecule has 16 nitrogen and oxygen atoms in total. The quantitative estimate of drug-likeness (QED) is 0.136. The van der Waals surface area contributed by atoms with Gasteiger partial charge in [-0.3, -0.25) is 9.13 Å². The van der Waals surface area contributed by atoms with E-state index in [-0.39, 0.29) is 20.5 Å². The molecule has 0 amide bonds. The van der Waals surface area contributed by atoms with Crippen molar-refractivity contribution in [3.8, 4) is 86.6 Å². The van der Waals surface area contributed by atoms with E-state index in [1.807, 2.05) is 150 Å². The number of benzene rings is 17. The molecule has 628 valence electrons. The Bertz CT molecular complexity index is 9680. The van der Waals surface area contributed by atoms with Crippen LogP contribution in [0.5, 0.6) is 0 Å². The summed E-state index contributed by atoms with van der Waals surface area (Å²) in [5.74, 6) is 2.20. The lowest BCUT2D eigenvalue weighted by Gasteiger charge is -2.13. The van der Waals surface area contributed by atoms with Crippen molar-refractivity contribution >= 4 is 189 Å². The summed E-state index contributed by atoms with van der Waals surface area (Å²) in [5, 5.41) is 37.0. The molecule has 0 spiro atoms. The van der Waals surface area contributed by atoms with Crippen molar-refractivity contribution in [2.75, 3.05) is 0 Å². The molecule has 27 aromatic rings. The van der Waals surface area contributed by atoms with Crippen LogP contribution in [0.25, 0.3) is 250 Å². The molecule has 0 saturated carbocycles. The summed E-state index contributed by atoms with van der Waals surface area (Å²) in [6, 6.07) is 131. The zero-order valence-corrected chi connectivity index (χ0v) is 72.0. The Morgan fingerprint density at radius 3 is 1.16 bits per heavy atom. The van der Waals surface area contributed by atoms with E-state index in [0.717, 1.165) is 187 Å². The molecule has 0 aliphatic heterocycles. The van der Waals surface area contributed by atoms with Gasteiger partial charge >= 0.3 is 0 Å². The number of nitrogens with zero attached hydrogens (tertiary/aromatic N) is 13. The van der Waals surface area contributed by atoms with Gasteiger partial charge in [-0.15, -0.1) is 0 Å². The Kier molecular flexibility index (Phi) is 18.1. The smallest absolute Gasteiger partial charge is 0.240 e. The monoisotopic (exact) mass is 1740 g/mol. The maximum absolute atomic E-state index is 14.0. The molecule has 0 saturated heterocycles. The Hall–Kier alpha value is -18.5. The van der Waals surface area contributed by atoms with Gasteiger partial charge in [0.05, 0.1) is 105 Å². The van der Waals surface area contributed by atoms with Gasteiger partial charge in [0.2, 0.25) is 11.9 Å². The lowest BCUT2D eigenvalue weighted by atomic mass is 10.1. The summed E-state index contributed by atoms with van der Waals surface area (Å²) >= 11 is 0. The number of H-pyrrole nitrogens is 1. The highest BCUT2D eigenvalue weighted by Gasteiger charge is 2.30. The molecule has 0 bridgehead atoms. The number of nitriles is 2. The van der Waals surface area contributed by atoms with Gasteiger partial charge in [0, 0.05) is 101 Å². The van der Waals surface area contributed by atoms with Crippen molar-refractivity contribution in [2.45, 2.75) is 0 Å². The molecule has 28 rings (SSSR count). The number of rotatable bonds is 9. The topological polar surface area (TPSA) is 192 Å². The van der Waals surface area contributed by atoms with E-state index < -0.39 is 5.82 Å². The van der Waals surface area contributed by atoms with Crippen molar-refractivity contribution in [3.63, 3.8) is 0 Å². The van der Waals surface area contributed by atoms with Crippen LogP contribution in [0.4, 0.5) is 4.39 Å². The summed E-state index contributed by atoms with van der Waals surface area (Å²) in [6.07, 6.45) is 8.94. The van der Waals surface area contributed by atoms with Crippen LogP contribution in [-0.2, 0) is 0 Å². The summed E-state index contributed by atoms with van der Waals surface area (Å²) in [6.45, 7) is 0. The van der Waals surface area contributed by atoms with Gasteiger partial charge in [-0.2, -0.15) is 44.0 Å². The number of nitrogens with one attached hydrogen (secondary N) is 1. The number of hydrogen-bond acceptors (Lipinski definition) is 10. The average molecular weight is 1740 g/mol. The molecule has 18 heteroatoms. The minimum Gasteiger partial charge on any atom is -0.455 e. The minimum atomic E-state index is -0.581. The third-order valence-corrected chi connectivity index (χ3v) is 25.8. The van der Waals surface area contributed by atoms with E-state index in [2.05, 4.69) is 277 Å². The summed E-state index contributed by atoms with van der Waals surface area (Å²) in [5.41, 5.74) is 23.5. The van der Waals surface area contributed by atoms with Crippen LogP contribution < -0.4 is 0 Å². The number of para-hydroxylation sites is 9. The number of halogens is 1. The van der Waals surface area contributed by atoms with Gasteiger partial charge in [0.1, 0.15) is 58.0 Å². The number of hydrogen-bond donors (Lipinski definition) is 1. The van der Waals surface area contributed by atoms with Gasteiger partial charge in [0.25, 0.3) is 0 Å². The van der Waals surface area contributed by atoms with Crippen molar-refractivity contribution in [2.24, 2.45) is 0 Å². The third-order valence-electron chi connectivity index (χ3n) is 25.8. The van der Waals surface area contributed by atoms with Crippen LogP contribution in [0.3, 0.4) is 0 Å². The molecule has 134 heavy (non-hydrogen) atoms. The van der Waals surface area contributed by atoms with Crippen LogP contribution in [0.2, 0.25) is 0 Å². The molecule has 10 heterocycles. The van der Waals surface area contributed by atoms with Crippen molar-refractivity contribution in [1.82, 2.24) is 57.7 Å². The maximum atomic E-state index is 14.0. The number of furan rings is 2. The first-order chi connectivity index (χ1) is 65.8. The molecule has 1 aliphatic carbocycles. The number of aromatic nitrogens is 12. The Morgan fingerprint density at radius 1 is 0.299 bits per heavy atom. The molecule has 0 fully saturated rings. The van der Waals surface area contributed by atoms with E-state index in [1.165, 1.54) is 28.4 Å². The Balaban J connectivity index is 0.000000122. The highest BCUT2D eigenvalue weighted by Crippen LogP contribution is 2.48. The van der Waals surface area contributed by atoms with Gasteiger partial charge in [-0.05, 0) is 158 Å². The maximum Gasteiger partial charge on any atom is 0.240 e. The van der Waals surface area contributed by atoms with Crippen molar-refractivity contribution in [1.29, 1.82) is 10.5 Å². The van der Waals surface area contributed by atoms with E-state index in [9.17, 15) is 14.9 Å². The van der Waals surface area contributed by atoms with Crippen LogP contribution >= 0.6 is 13.5 Å². The fraction of sp³-hybridized carbons (Fsp3) is 0. The largest absolute Gasteiger partial charge is 0.455 e. The molecular formula is C116H70FN14O2S+. The normalized spacial score (nSPS) is 11.9. The second-order valence-corrected chi connectivity index (χ2v) is 33.1. The first-order valence-corrected chi connectivity index (χ1v) is 43.8. The third kappa shape index (κ3) is 12.2. The van der Waals surface area contributed by atoms with Crippen LogP contribution in [-0.4, -0.2) is 57.7 Å². The first-order valence-electron chi connectivity index (χ1n) is 43.8. The highest BCUT2D eigenvalue weighted by molar-refractivity contribution is 7.59. The molecule has 0 atom stereocenters. The average Bonchev–Trinajstić information content (AvgIpc) is 1.54. The highest BCUT2D eigenvalue weighted by atomic mass is 32.1. The van der Waals surface area contributed by atoms with E-state index in [0.29, 0.717) is 51.9 Å². The lowest BCUT2D eigenvalue weighted by Crippen LogP contribution is -2.08. The Labute approximate surface area is 770 Å². The van der Waals surface area contributed by atoms with Gasteiger partial charge in [-0.25, -0.2) is 14.4 Å². The van der Waals surface area contributed by atoms with Crippen LogP contribution in [0, 0.1) is 34.6 Å². The summed E-state index contributed by atoms with van der Waals surface area (Å²) in [7, 11) is 0. The fourth-order valence-corrected chi connectivity index (χ4v) is 20.0. The molecule has 1 N–H and O–H groups in total. The number of aromatic amines is 1. The summed E-state index contributed by atoms with van der Waals surface area (Å²) < 4.78 is 38.8. The zero-order valence-electron chi connectivity index (χ0n) is 71.0. The second-order valence-electron chi connectivity index (χ2n) is 33.1. The summed E-state index contributed by atoms with van der Waals surface area (Å²) in [4.78, 5) is 33.1. The zero-order chi connectivity index (χ0) is 88.0. The van der Waals surface area contributed by atoms with Gasteiger partial charge in [-0.1, -0.05) is 218 Å². The number of fused-ring (bicyclic) bond motifs is 28. The second kappa shape index (κ2) is 31.2. The van der Waals surface area contributed by atoms with E-state index >= 15 is 0 Å².